The maximum absolute atomic E-state index is 4.18. The molecule has 0 bridgehead atoms. The molecule has 1 aliphatic rings. The number of fused-ring (bicyclic) bond motifs is 1. The first-order chi connectivity index (χ1) is 19.8. The lowest BCUT2D eigenvalue weighted by Gasteiger charge is -2.32. The Morgan fingerprint density at radius 2 is 1.78 bits per heavy atom. The molecule has 1 aromatic heterocycles. The number of nitrogens with zero attached hydrogens (tertiary/aromatic N) is 1. The molecule has 3 nitrogen and oxygen atoms in total. The van der Waals surface area contributed by atoms with Crippen LogP contribution in [0.25, 0.3) is 16.5 Å². The number of likely N-dealkylation sites (N-methyl/N-ethyl adjacent to an activating group) is 1. The summed E-state index contributed by atoms with van der Waals surface area (Å²) in [6.07, 6.45) is 19.2. The van der Waals surface area contributed by atoms with E-state index in [0.29, 0.717) is 17.8 Å². The highest BCUT2D eigenvalue weighted by molar-refractivity contribution is 5.93. The molecule has 0 unspecified atom stereocenters. The van der Waals surface area contributed by atoms with E-state index >= 15 is 0 Å². The van der Waals surface area contributed by atoms with Crippen LogP contribution in [0.5, 0.6) is 0 Å². The molecular formula is C38H59N3. The molecule has 2 heterocycles. The van der Waals surface area contributed by atoms with Gasteiger partial charge in [0.25, 0.3) is 0 Å². The fourth-order valence-corrected chi connectivity index (χ4v) is 5.74. The molecule has 0 aliphatic carbocycles. The normalized spacial score (nSPS) is 16.3. The van der Waals surface area contributed by atoms with E-state index in [4.69, 9.17) is 0 Å². The fraction of sp³-hybridized carbons (Fsp3) is 0.526. The van der Waals surface area contributed by atoms with Crippen LogP contribution in [0.15, 0.2) is 59.8 Å². The predicted molar refractivity (Wildman–Crippen MR) is 185 cm³/mol. The van der Waals surface area contributed by atoms with Gasteiger partial charge in [-0.3, -0.25) is 4.90 Å². The number of benzene rings is 1. The van der Waals surface area contributed by atoms with Crippen LogP contribution in [0.3, 0.4) is 0 Å². The molecule has 0 saturated carbocycles. The Morgan fingerprint density at radius 1 is 1.15 bits per heavy atom. The van der Waals surface area contributed by atoms with Crippen LogP contribution < -0.4 is 5.32 Å². The smallest absolute Gasteiger partial charge is 0.0502 e. The molecule has 2 aromatic rings. The second-order valence-electron chi connectivity index (χ2n) is 11.2. The standard InChI is InChI=1S/C34H51N3.C2H6.C2H2/c1-10-24(7)25(8)20-30(26(11-2)12-3)34-33(23(5)6)31-21-28(14-15-32(31)36-34)27-16-18-37(19-17-27)22-29(13-4)35-9;2*1-2/h11,13-15,20-21,23-24,27,35-36H,2,10,12,16-19,22H2,1,3-9H3;1-2H3;1-2H/b25-20-,29-13-,30-26-;;/t24-;;/m1../s1. The molecule has 1 saturated heterocycles. The van der Waals surface area contributed by atoms with E-state index in [-0.39, 0.29) is 0 Å². The lowest BCUT2D eigenvalue weighted by atomic mass is 9.86. The van der Waals surface area contributed by atoms with Gasteiger partial charge in [0.2, 0.25) is 0 Å². The van der Waals surface area contributed by atoms with Crippen LogP contribution in [0.2, 0.25) is 0 Å². The van der Waals surface area contributed by atoms with Crippen LogP contribution in [0.1, 0.15) is 117 Å². The molecule has 41 heavy (non-hydrogen) atoms. The molecule has 1 fully saturated rings. The van der Waals surface area contributed by atoms with Crippen molar-refractivity contribution in [2.45, 2.75) is 99.8 Å². The van der Waals surface area contributed by atoms with E-state index in [2.05, 4.69) is 120 Å². The van der Waals surface area contributed by atoms with Crippen molar-refractivity contribution in [2.24, 2.45) is 5.92 Å². The Balaban J connectivity index is 0.00000201. The van der Waals surface area contributed by atoms with Crippen LogP contribution in [0.4, 0.5) is 0 Å². The lowest BCUT2D eigenvalue weighted by Crippen LogP contribution is -2.36. The number of terminal acetylenes is 1. The van der Waals surface area contributed by atoms with Gasteiger partial charge in [-0.05, 0) is 99.2 Å². The van der Waals surface area contributed by atoms with Crippen LogP contribution in [-0.2, 0) is 0 Å². The summed E-state index contributed by atoms with van der Waals surface area (Å²) in [6, 6.07) is 7.20. The minimum atomic E-state index is 0.428. The quantitative estimate of drug-likeness (QED) is 0.213. The maximum Gasteiger partial charge on any atom is 0.0502 e. The SMILES string of the molecule is C#C.C=C/C(CC)=C(\C=C(\C)[C@H](C)CC)c1[nH]c2ccc(C3CCN(C/C(=C/C)NC)CC3)cc2c1C(C)C.CC. The topological polar surface area (TPSA) is 31.1 Å². The highest BCUT2D eigenvalue weighted by Crippen LogP contribution is 2.39. The summed E-state index contributed by atoms with van der Waals surface area (Å²) >= 11 is 0. The first-order valence-corrected chi connectivity index (χ1v) is 15.9. The summed E-state index contributed by atoms with van der Waals surface area (Å²) in [6.45, 7) is 27.4. The zero-order valence-corrected chi connectivity index (χ0v) is 28.0. The van der Waals surface area contributed by atoms with Crippen molar-refractivity contribution in [2.75, 3.05) is 26.7 Å². The van der Waals surface area contributed by atoms with Gasteiger partial charge in [0.1, 0.15) is 0 Å². The van der Waals surface area contributed by atoms with Crippen molar-refractivity contribution in [1.82, 2.24) is 15.2 Å². The van der Waals surface area contributed by atoms with Crippen molar-refractivity contribution < 1.29 is 0 Å². The monoisotopic (exact) mass is 557 g/mol. The van der Waals surface area contributed by atoms with E-state index < -0.39 is 0 Å². The number of allylic oxidation sites excluding steroid dienone is 6. The third kappa shape index (κ3) is 9.27. The van der Waals surface area contributed by atoms with Gasteiger partial charge in [-0.25, -0.2) is 0 Å². The van der Waals surface area contributed by atoms with E-state index in [9.17, 15) is 0 Å². The Bertz CT molecular complexity index is 1190. The Morgan fingerprint density at radius 3 is 2.27 bits per heavy atom. The third-order valence-electron chi connectivity index (χ3n) is 8.57. The zero-order chi connectivity index (χ0) is 31.1. The van der Waals surface area contributed by atoms with Crippen LogP contribution in [0, 0.1) is 18.8 Å². The molecule has 226 valence electrons. The molecule has 1 aromatic carbocycles. The number of rotatable bonds is 11. The summed E-state index contributed by atoms with van der Waals surface area (Å²) in [4.78, 5) is 6.44. The second-order valence-corrected chi connectivity index (χ2v) is 11.2. The summed E-state index contributed by atoms with van der Waals surface area (Å²) < 4.78 is 0. The van der Waals surface area contributed by atoms with E-state index in [1.54, 1.807) is 0 Å². The van der Waals surface area contributed by atoms with E-state index in [1.165, 1.54) is 63.0 Å². The molecular weight excluding hydrogens is 498 g/mol. The van der Waals surface area contributed by atoms with Crippen molar-refractivity contribution in [3.8, 4) is 12.8 Å². The minimum Gasteiger partial charge on any atom is -0.391 e. The average molecular weight is 558 g/mol. The molecule has 2 N–H and O–H groups in total. The number of likely N-dealkylation sites (tertiary alicyclic amines) is 1. The van der Waals surface area contributed by atoms with E-state index in [1.807, 2.05) is 20.9 Å². The first-order valence-electron chi connectivity index (χ1n) is 15.9. The van der Waals surface area contributed by atoms with E-state index in [0.717, 1.165) is 32.5 Å². The number of aromatic amines is 1. The zero-order valence-electron chi connectivity index (χ0n) is 28.0. The van der Waals surface area contributed by atoms with Gasteiger partial charge in [-0.1, -0.05) is 84.9 Å². The molecule has 0 radical (unpaired) electrons. The summed E-state index contributed by atoms with van der Waals surface area (Å²) in [5.41, 5.74) is 10.8. The van der Waals surface area contributed by atoms with Crippen LogP contribution >= 0.6 is 0 Å². The predicted octanol–water partition coefficient (Wildman–Crippen LogP) is 10.2. The van der Waals surface area contributed by atoms with Crippen LogP contribution in [-0.4, -0.2) is 36.6 Å². The summed E-state index contributed by atoms with van der Waals surface area (Å²) in [5.74, 6) is 1.63. The number of aromatic nitrogens is 1. The van der Waals surface area contributed by atoms with Crippen molar-refractivity contribution in [3.05, 3.63) is 76.7 Å². The van der Waals surface area contributed by atoms with Gasteiger partial charge in [-0.2, -0.15) is 0 Å². The van der Waals surface area contributed by atoms with Crippen molar-refractivity contribution in [3.63, 3.8) is 0 Å². The highest BCUT2D eigenvalue weighted by Gasteiger charge is 2.24. The maximum atomic E-state index is 4.18. The summed E-state index contributed by atoms with van der Waals surface area (Å²) in [7, 11) is 2.02. The van der Waals surface area contributed by atoms with Gasteiger partial charge < -0.3 is 10.3 Å². The Labute approximate surface area is 253 Å². The number of nitrogens with one attached hydrogen (secondary N) is 2. The molecule has 0 amide bonds. The van der Waals surface area contributed by atoms with Crippen molar-refractivity contribution in [1.29, 1.82) is 0 Å². The van der Waals surface area contributed by atoms with Gasteiger partial charge in [-0.15, -0.1) is 12.8 Å². The third-order valence-corrected chi connectivity index (χ3v) is 8.57. The fourth-order valence-electron chi connectivity index (χ4n) is 5.74. The lowest BCUT2D eigenvalue weighted by molar-refractivity contribution is 0.225. The molecule has 0 spiro atoms. The van der Waals surface area contributed by atoms with Gasteiger partial charge in [0.15, 0.2) is 0 Å². The van der Waals surface area contributed by atoms with Gasteiger partial charge >= 0.3 is 0 Å². The molecule has 3 rings (SSSR count). The number of H-pyrrole nitrogens is 1. The second kappa shape index (κ2) is 18.5. The Kier molecular flexibility index (Phi) is 16.2. The molecule has 1 atom stereocenters. The van der Waals surface area contributed by atoms with Crippen molar-refractivity contribution >= 4 is 16.5 Å². The Hall–Kier alpha value is -2.96. The van der Waals surface area contributed by atoms with Gasteiger partial charge in [0.05, 0.1) is 5.69 Å². The number of hydrogen-bond acceptors (Lipinski definition) is 2. The molecule has 3 heteroatoms. The minimum absolute atomic E-state index is 0.428. The van der Waals surface area contributed by atoms with Gasteiger partial charge in [0, 0.05) is 35.8 Å². The average Bonchev–Trinajstić information content (AvgIpc) is 3.40. The highest BCUT2D eigenvalue weighted by atomic mass is 15.1. The largest absolute Gasteiger partial charge is 0.391 e. The molecule has 1 aliphatic heterocycles. The number of piperidine rings is 1. The first kappa shape index (κ1) is 36.1. The summed E-state index contributed by atoms with van der Waals surface area (Å²) in [5, 5.41) is 4.72. The number of hydrogen-bond donors (Lipinski definition) is 2.